The number of anilines is 1. The second kappa shape index (κ2) is 8.54. The van der Waals surface area contributed by atoms with E-state index in [9.17, 15) is 9.59 Å². The molecule has 2 aromatic rings. The first kappa shape index (κ1) is 18.1. The smallest absolute Gasteiger partial charge is 0.255 e. The Labute approximate surface area is 146 Å². The fourth-order valence-corrected chi connectivity index (χ4v) is 2.16. The Hall–Kier alpha value is -3.28. The second-order valence-corrected chi connectivity index (χ2v) is 5.10. The van der Waals surface area contributed by atoms with E-state index in [0.29, 0.717) is 34.9 Å². The van der Waals surface area contributed by atoms with Gasteiger partial charge in [0.15, 0.2) is 11.5 Å². The summed E-state index contributed by atoms with van der Waals surface area (Å²) in [6.45, 7) is 3.93. The molecule has 0 spiro atoms. The van der Waals surface area contributed by atoms with Crippen LogP contribution in [0.3, 0.4) is 0 Å². The summed E-state index contributed by atoms with van der Waals surface area (Å²) in [6.07, 6.45) is 1.60. The van der Waals surface area contributed by atoms with E-state index in [1.807, 2.05) is 0 Å². The van der Waals surface area contributed by atoms with Crippen molar-refractivity contribution in [3.05, 3.63) is 66.2 Å². The van der Waals surface area contributed by atoms with Gasteiger partial charge in [0.05, 0.1) is 14.2 Å². The number of carbonyl (C=O) groups is 2. The number of amides is 2. The molecule has 0 aliphatic carbocycles. The maximum atomic E-state index is 12.3. The number of hydrogen-bond acceptors (Lipinski definition) is 4. The zero-order valence-corrected chi connectivity index (χ0v) is 14.2. The average molecular weight is 340 g/mol. The van der Waals surface area contributed by atoms with Crippen molar-refractivity contribution in [3.8, 4) is 11.5 Å². The van der Waals surface area contributed by atoms with Gasteiger partial charge in [-0.3, -0.25) is 9.59 Å². The first-order chi connectivity index (χ1) is 12.1. The van der Waals surface area contributed by atoms with E-state index in [2.05, 4.69) is 17.2 Å². The summed E-state index contributed by atoms with van der Waals surface area (Å²) in [6, 6.07) is 11.5. The number of carbonyl (C=O) groups excluding carboxylic acids is 2. The van der Waals surface area contributed by atoms with Gasteiger partial charge in [0.25, 0.3) is 11.8 Å². The fraction of sp³-hybridized carbons (Fsp3) is 0.158. The van der Waals surface area contributed by atoms with Gasteiger partial charge in [-0.1, -0.05) is 6.08 Å². The number of rotatable bonds is 7. The van der Waals surface area contributed by atoms with Crippen LogP contribution in [0.15, 0.2) is 55.1 Å². The van der Waals surface area contributed by atoms with Crippen LogP contribution in [0.2, 0.25) is 0 Å². The molecule has 0 aliphatic rings. The molecule has 2 aromatic carbocycles. The van der Waals surface area contributed by atoms with Crippen molar-refractivity contribution in [2.45, 2.75) is 0 Å². The standard InChI is InChI=1S/C19H20N2O4/c1-4-11-20-18(22)13-5-7-14(8-6-13)19(23)21-15-9-10-16(24-2)17(12-15)25-3/h4-10,12H,1,11H2,2-3H3,(H,20,22)(H,21,23). The fourth-order valence-electron chi connectivity index (χ4n) is 2.16. The van der Waals surface area contributed by atoms with Gasteiger partial charge < -0.3 is 20.1 Å². The first-order valence-corrected chi connectivity index (χ1v) is 7.61. The summed E-state index contributed by atoms with van der Waals surface area (Å²) < 4.78 is 10.4. The van der Waals surface area contributed by atoms with E-state index in [1.165, 1.54) is 7.11 Å². The SMILES string of the molecule is C=CCNC(=O)c1ccc(C(=O)Nc2ccc(OC)c(OC)c2)cc1. The van der Waals surface area contributed by atoms with Gasteiger partial charge in [-0.05, 0) is 36.4 Å². The predicted octanol–water partition coefficient (Wildman–Crippen LogP) is 2.87. The lowest BCUT2D eigenvalue weighted by Crippen LogP contribution is -2.23. The van der Waals surface area contributed by atoms with Crippen LogP contribution in [0, 0.1) is 0 Å². The molecule has 0 aliphatic heterocycles. The van der Waals surface area contributed by atoms with Crippen molar-refractivity contribution in [2.75, 3.05) is 26.1 Å². The summed E-state index contributed by atoms with van der Waals surface area (Å²) in [5.41, 5.74) is 1.50. The molecule has 25 heavy (non-hydrogen) atoms. The van der Waals surface area contributed by atoms with E-state index in [0.717, 1.165) is 0 Å². The number of methoxy groups -OCH3 is 2. The van der Waals surface area contributed by atoms with Crippen LogP contribution in [-0.2, 0) is 0 Å². The maximum absolute atomic E-state index is 12.3. The highest BCUT2D eigenvalue weighted by Crippen LogP contribution is 2.29. The van der Waals surface area contributed by atoms with Crippen molar-refractivity contribution in [1.29, 1.82) is 0 Å². The quantitative estimate of drug-likeness (QED) is 0.760. The summed E-state index contributed by atoms with van der Waals surface area (Å²) in [4.78, 5) is 24.1. The second-order valence-electron chi connectivity index (χ2n) is 5.10. The van der Waals surface area contributed by atoms with Crippen LogP contribution in [0.4, 0.5) is 5.69 Å². The van der Waals surface area contributed by atoms with Gasteiger partial charge in [0.2, 0.25) is 0 Å². The molecule has 0 unspecified atom stereocenters. The minimum absolute atomic E-state index is 0.216. The van der Waals surface area contributed by atoms with Crippen LogP contribution in [0.5, 0.6) is 11.5 Å². The molecule has 130 valence electrons. The van der Waals surface area contributed by atoms with Gasteiger partial charge in [0, 0.05) is 29.4 Å². The van der Waals surface area contributed by atoms with Gasteiger partial charge in [-0.2, -0.15) is 0 Å². The number of nitrogens with one attached hydrogen (secondary N) is 2. The molecule has 0 aromatic heterocycles. The number of hydrogen-bond donors (Lipinski definition) is 2. The van der Waals surface area contributed by atoms with Crippen LogP contribution in [0.1, 0.15) is 20.7 Å². The Morgan fingerprint density at radius 2 is 1.56 bits per heavy atom. The molecule has 0 saturated heterocycles. The van der Waals surface area contributed by atoms with E-state index in [4.69, 9.17) is 9.47 Å². The maximum Gasteiger partial charge on any atom is 0.255 e. The topological polar surface area (TPSA) is 76.7 Å². The zero-order valence-electron chi connectivity index (χ0n) is 14.2. The molecular weight excluding hydrogens is 320 g/mol. The molecule has 0 atom stereocenters. The summed E-state index contributed by atoms with van der Waals surface area (Å²) >= 11 is 0. The molecule has 6 heteroatoms. The monoisotopic (exact) mass is 340 g/mol. The summed E-state index contributed by atoms with van der Waals surface area (Å²) in [7, 11) is 3.07. The predicted molar refractivity (Wildman–Crippen MR) is 96.5 cm³/mol. The molecule has 2 N–H and O–H groups in total. The van der Waals surface area contributed by atoms with Gasteiger partial charge in [-0.25, -0.2) is 0 Å². The Balaban J connectivity index is 2.08. The highest BCUT2D eigenvalue weighted by atomic mass is 16.5. The van der Waals surface area contributed by atoms with E-state index < -0.39 is 0 Å². The molecule has 0 bridgehead atoms. The summed E-state index contributed by atoms with van der Waals surface area (Å²) in [5, 5.41) is 5.46. The number of ether oxygens (including phenoxy) is 2. The molecule has 6 nitrogen and oxygen atoms in total. The van der Waals surface area contributed by atoms with Crippen LogP contribution >= 0.6 is 0 Å². The molecule has 0 heterocycles. The lowest BCUT2D eigenvalue weighted by molar-refractivity contribution is 0.0956. The lowest BCUT2D eigenvalue weighted by atomic mass is 10.1. The first-order valence-electron chi connectivity index (χ1n) is 7.61. The largest absolute Gasteiger partial charge is 0.493 e. The third-order valence-corrected chi connectivity index (χ3v) is 3.46. The lowest BCUT2D eigenvalue weighted by Gasteiger charge is -2.11. The average Bonchev–Trinajstić information content (AvgIpc) is 2.66. The van der Waals surface area contributed by atoms with Crippen molar-refractivity contribution < 1.29 is 19.1 Å². The third-order valence-electron chi connectivity index (χ3n) is 3.46. The highest BCUT2D eigenvalue weighted by Gasteiger charge is 2.10. The Morgan fingerprint density at radius 3 is 2.12 bits per heavy atom. The van der Waals surface area contributed by atoms with Crippen molar-refractivity contribution in [1.82, 2.24) is 5.32 Å². The van der Waals surface area contributed by atoms with Gasteiger partial charge in [-0.15, -0.1) is 6.58 Å². The minimum Gasteiger partial charge on any atom is -0.493 e. The van der Waals surface area contributed by atoms with Crippen molar-refractivity contribution >= 4 is 17.5 Å². The van der Waals surface area contributed by atoms with Crippen LogP contribution in [-0.4, -0.2) is 32.6 Å². The van der Waals surface area contributed by atoms with Crippen molar-refractivity contribution in [3.63, 3.8) is 0 Å². The van der Waals surface area contributed by atoms with Gasteiger partial charge in [0.1, 0.15) is 0 Å². The van der Waals surface area contributed by atoms with Crippen molar-refractivity contribution in [2.24, 2.45) is 0 Å². The Kier molecular flexibility index (Phi) is 6.17. The summed E-state index contributed by atoms with van der Waals surface area (Å²) in [5.74, 6) is 0.599. The Bertz CT molecular complexity index is 769. The normalized spacial score (nSPS) is 9.84. The Morgan fingerprint density at radius 1 is 0.960 bits per heavy atom. The highest BCUT2D eigenvalue weighted by molar-refractivity contribution is 6.05. The molecule has 0 saturated carbocycles. The van der Waals surface area contributed by atoms with Crippen LogP contribution in [0.25, 0.3) is 0 Å². The third kappa shape index (κ3) is 4.60. The molecular formula is C19H20N2O4. The molecule has 2 amide bonds. The number of benzene rings is 2. The molecule has 0 radical (unpaired) electrons. The van der Waals surface area contributed by atoms with E-state index >= 15 is 0 Å². The van der Waals surface area contributed by atoms with E-state index in [1.54, 1.807) is 55.7 Å². The molecule has 0 fully saturated rings. The molecule has 2 rings (SSSR count). The van der Waals surface area contributed by atoms with Crippen LogP contribution < -0.4 is 20.1 Å². The zero-order chi connectivity index (χ0) is 18.2. The minimum atomic E-state index is -0.287. The van der Waals surface area contributed by atoms with E-state index in [-0.39, 0.29) is 11.8 Å². The van der Waals surface area contributed by atoms with Gasteiger partial charge >= 0.3 is 0 Å².